The first kappa shape index (κ1) is 9.54. The third-order valence-electron chi connectivity index (χ3n) is 2.57. The summed E-state index contributed by atoms with van der Waals surface area (Å²) in [6, 6.07) is 5.79. The molecule has 80 valence electrons. The largest absolute Gasteiger partial charge is 0.399 e. The first-order chi connectivity index (χ1) is 7.72. The Labute approximate surface area is 97.9 Å². The maximum Gasteiger partial charge on any atom is 0.0771 e. The Hall–Kier alpha value is -1.68. The summed E-state index contributed by atoms with van der Waals surface area (Å²) in [4.78, 5) is 5.71. The molecule has 0 spiro atoms. The summed E-state index contributed by atoms with van der Waals surface area (Å²) in [7, 11) is 0. The summed E-state index contributed by atoms with van der Waals surface area (Å²) in [6.45, 7) is 0. The minimum atomic E-state index is 0.222. The molecule has 2 aliphatic rings. The Bertz CT molecular complexity index is 543. The average molecular weight is 229 g/mol. The lowest BCUT2D eigenvalue weighted by Gasteiger charge is -2.23. The minimum absolute atomic E-state index is 0.222. The van der Waals surface area contributed by atoms with Crippen LogP contribution in [0.1, 0.15) is 0 Å². The van der Waals surface area contributed by atoms with E-state index >= 15 is 0 Å². The van der Waals surface area contributed by atoms with Gasteiger partial charge < -0.3 is 11.5 Å². The third-order valence-corrected chi connectivity index (χ3v) is 3.78. The van der Waals surface area contributed by atoms with Crippen molar-refractivity contribution in [1.29, 1.82) is 0 Å². The van der Waals surface area contributed by atoms with Gasteiger partial charge in [0, 0.05) is 16.3 Å². The van der Waals surface area contributed by atoms with Crippen molar-refractivity contribution in [1.82, 2.24) is 0 Å². The number of nitrogens with zero attached hydrogens (tertiary/aromatic N) is 1. The van der Waals surface area contributed by atoms with E-state index < -0.39 is 0 Å². The highest BCUT2D eigenvalue weighted by Crippen LogP contribution is 2.40. The summed E-state index contributed by atoms with van der Waals surface area (Å²) < 4.78 is 0. The van der Waals surface area contributed by atoms with E-state index in [1.165, 1.54) is 0 Å². The van der Waals surface area contributed by atoms with Gasteiger partial charge in [0.1, 0.15) is 0 Å². The van der Waals surface area contributed by atoms with Crippen molar-refractivity contribution in [2.24, 2.45) is 10.7 Å². The molecule has 1 aromatic carbocycles. The van der Waals surface area contributed by atoms with E-state index in [2.05, 4.69) is 4.99 Å². The number of aliphatic imine (C=N–C) groups is 1. The predicted octanol–water partition coefficient (Wildman–Crippen LogP) is 2.23. The number of rotatable bonds is 0. The number of fused-ring (bicyclic) bond motifs is 2. The molecule has 3 nitrogen and oxygen atoms in total. The van der Waals surface area contributed by atoms with Crippen LogP contribution in [0.15, 0.2) is 52.0 Å². The van der Waals surface area contributed by atoms with Gasteiger partial charge in [0.05, 0.1) is 16.6 Å². The van der Waals surface area contributed by atoms with Crippen molar-refractivity contribution in [3.05, 3.63) is 42.1 Å². The zero-order chi connectivity index (χ0) is 11.1. The zero-order valence-corrected chi connectivity index (χ0v) is 9.37. The summed E-state index contributed by atoms with van der Waals surface area (Å²) in [6.07, 6.45) is 5.89. The molecule has 0 fully saturated rings. The van der Waals surface area contributed by atoms with Crippen LogP contribution in [0.5, 0.6) is 0 Å². The lowest BCUT2D eigenvalue weighted by atomic mass is 10.1. The molecule has 1 aliphatic heterocycles. The quantitative estimate of drug-likeness (QED) is 0.670. The monoisotopic (exact) mass is 229 g/mol. The van der Waals surface area contributed by atoms with Crippen LogP contribution in [0.4, 0.5) is 11.4 Å². The van der Waals surface area contributed by atoms with E-state index in [0.29, 0.717) is 0 Å². The van der Waals surface area contributed by atoms with Gasteiger partial charge in [-0.2, -0.15) is 0 Å². The SMILES string of the molecule is NC1=CC2Sc3cc(N)ccc3N=C2C=C1. The lowest BCUT2D eigenvalue weighted by Crippen LogP contribution is -2.20. The first-order valence-corrected chi connectivity index (χ1v) is 5.90. The van der Waals surface area contributed by atoms with E-state index in [0.717, 1.165) is 27.7 Å². The molecule has 0 bridgehead atoms. The minimum Gasteiger partial charge on any atom is -0.399 e. The Morgan fingerprint density at radius 2 is 2.06 bits per heavy atom. The van der Waals surface area contributed by atoms with Crippen molar-refractivity contribution < 1.29 is 0 Å². The standard InChI is InChI=1S/C12H11N3S/c13-7-1-3-9-11(5-7)16-12-6-8(14)2-4-10(12)15-9/h1-6,11H,13-14H2. The molecule has 0 saturated carbocycles. The number of benzene rings is 1. The maximum absolute atomic E-state index is 5.77. The van der Waals surface area contributed by atoms with E-state index in [9.17, 15) is 0 Å². The number of anilines is 1. The van der Waals surface area contributed by atoms with Crippen molar-refractivity contribution in [3.63, 3.8) is 0 Å². The second kappa shape index (κ2) is 3.42. The number of hydrogen-bond donors (Lipinski definition) is 2. The van der Waals surface area contributed by atoms with Gasteiger partial charge in [-0.25, -0.2) is 0 Å². The van der Waals surface area contributed by atoms with Gasteiger partial charge in [0.2, 0.25) is 0 Å². The molecule has 1 aliphatic carbocycles. The van der Waals surface area contributed by atoms with E-state index in [1.54, 1.807) is 11.8 Å². The number of nitrogen functional groups attached to an aromatic ring is 1. The predicted molar refractivity (Wildman–Crippen MR) is 69.0 cm³/mol. The first-order valence-electron chi connectivity index (χ1n) is 5.02. The van der Waals surface area contributed by atoms with Crippen LogP contribution in [0.2, 0.25) is 0 Å². The summed E-state index contributed by atoms with van der Waals surface area (Å²) in [5.74, 6) is 0. The molecule has 1 aromatic rings. The molecule has 1 heterocycles. The van der Waals surface area contributed by atoms with Crippen molar-refractivity contribution in [3.8, 4) is 0 Å². The van der Waals surface area contributed by atoms with Gasteiger partial charge in [0.15, 0.2) is 0 Å². The highest BCUT2D eigenvalue weighted by molar-refractivity contribution is 8.01. The van der Waals surface area contributed by atoms with Crippen LogP contribution in [0.3, 0.4) is 0 Å². The molecule has 0 aromatic heterocycles. The molecular weight excluding hydrogens is 218 g/mol. The second-order valence-electron chi connectivity index (χ2n) is 3.80. The van der Waals surface area contributed by atoms with E-state index in [1.807, 2.05) is 36.4 Å². The highest BCUT2D eigenvalue weighted by atomic mass is 32.2. The average Bonchev–Trinajstić information content (AvgIpc) is 2.26. The van der Waals surface area contributed by atoms with E-state index in [4.69, 9.17) is 11.5 Å². The van der Waals surface area contributed by atoms with Crippen LogP contribution in [0, 0.1) is 0 Å². The molecule has 1 atom stereocenters. The normalized spacial score (nSPS) is 21.9. The van der Waals surface area contributed by atoms with Gasteiger partial charge in [0.25, 0.3) is 0 Å². The van der Waals surface area contributed by atoms with E-state index in [-0.39, 0.29) is 5.25 Å². The Kier molecular flexibility index (Phi) is 2.04. The second-order valence-corrected chi connectivity index (χ2v) is 4.99. The summed E-state index contributed by atoms with van der Waals surface area (Å²) in [5.41, 5.74) is 15.1. The fourth-order valence-corrected chi connectivity index (χ4v) is 2.97. The number of allylic oxidation sites excluding steroid dienone is 2. The fourth-order valence-electron chi connectivity index (χ4n) is 1.78. The maximum atomic E-state index is 5.77. The molecule has 0 amide bonds. The van der Waals surface area contributed by atoms with Crippen LogP contribution in [-0.2, 0) is 0 Å². The van der Waals surface area contributed by atoms with Crippen molar-refractivity contribution >= 4 is 28.8 Å². The number of hydrogen-bond acceptors (Lipinski definition) is 4. The van der Waals surface area contributed by atoms with Gasteiger partial charge in [-0.3, -0.25) is 4.99 Å². The van der Waals surface area contributed by atoms with Crippen molar-refractivity contribution in [2.75, 3.05) is 5.73 Å². The summed E-state index contributed by atoms with van der Waals surface area (Å²) in [5, 5.41) is 0.222. The molecule has 3 rings (SSSR count). The molecule has 4 N–H and O–H groups in total. The zero-order valence-electron chi connectivity index (χ0n) is 8.55. The molecule has 1 unspecified atom stereocenters. The van der Waals surface area contributed by atoms with Gasteiger partial charge in [-0.1, -0.05) is 0 Å². The number of nitrogens with two attached hydrogens (primary N) is 2. The van der Waals surface area contributed by atoms with Crippen LogP contribution >= 0.6 is 11.8 Å². The smallest absolute Gasteiger partial charge is 0.0771 e. The van der Waals surface area contributed by atoms with Gasteiger partial charge >= 0.3 is 0 Å². The molecule has 0 radical (unpaired) electrons. The van der Waals surface area contributed by atoms with Crippen LogP contribution < -0.4 is 11.5 Å². The summed E-state index contributed by atoms with van der Waals surface area (Å²) >= 11 is 1.74. The Balaban J connectivity index is 2.09. The van der Waals surface area contributed by atoms with Gasteiger partial charge in [-0.15, -0.1) is 11.8 Å². The molecular formula is C12H11N3S. The van der Waals surface area contributed by atoms with Gasteiger partial charge in [-0.05, 0) is 36.4 Å². The fraction of sp³-hybridized carbons (Fsp3) is 0.0833. The molecule has 0 saturated heterocycles. The van der Waals surface area contributed by atoms with Crippen LogP contribution in [-0.4, -0.2) is 11.0 Å². The molecule has 4 heteroatoms. The third kappa shape index (κ3) is 1.51. The number of thioether (sulfide) groups is 1. The van der Waals surface area contributed by atoms with Crippen molar-refractivity contribution in [2.45, 2.75) is 10.1 Å². The topological polar surface area (TPSA) is 64.4 Å². The highest BCUT2D eigenvalue weighted by Gasteiger charge is 2.22. The lowest BCUT2D eigenvalue weighted by molar-refractivity contribution is 1.26. The van der Waals surface area contributed by atoms with Crippen LogP contribution in [0.25, 0.3) is 0 Å². The Morgan fingerprint density at radius 3 is 2.94 bits per heavy atom. The Morgan fingerprint density at radius 1 is 1.19 bits per heavy atom. The molecule has 16 heavy (non-hydrogen) atoms.